The summed E-state index contributed by atoms with van der Waals surface area (Å²) in [5, 5.41) is 0. The summed E-state index contributed by atoms with van der Waals surface area (Å²) in [6.45, 7) is 3.98. The van der Waals surface area contributed by atoms with Crippen molar-refractivity contribution in [2.24, 2.45) is 5.92 Å². The molecule has 7 heteroatoms. The minimum atomic E-state index is -1.86. The molecule has 0 spiro atoms. The Labute approximate surface area is 103 Å². The van der Waals surface area contributed by atoms with Crippen molar-refractivity contribution in [1.82, 2.24) is 0 Å². The van der Waals surface area contributed by atoms with Crippen molar-refractivity contribution in [3.63, 3.8) is 0 Å². The lowest BCUT2D eigenvalue weighted by atomic mass is 10.2. The predicted molar refractivity (Wildman–Crippen MR) is 57.2 cm³/mol. The van der Waals surface area contributed by atoms with Crippen LogP contribution in [0.2, 0.25) is 0 Å². The molecular weight excluding hydrogens is 274 g/mol. The molecule has 0 aliphatic rings. The molecule has 0 rings (SSSR count). The number of halogens is 4. The van der Waals surface area contributed by atoms with Gasteiger partial charge < -0.3 is 9.47 Å². The van der Waals surface area contributed by atoms with E-state index in [1.54, 1.807) is 0 Å². The number of carbonyl (C=O) groups is 1. The quantitative estimate of drug-likeness (QED) is 0.585. The van der Waals surface area contributed by atoms with Crippen LogP contribution in [-0.2, 0) is 9.47 Å². The van der Waals surface area contributed by atoms with E-state index in [-0.39, 0.29) is 12.5 Å². The van der Waals surface area contributed by atoms with Crippen LogP contribution in [0.15, 0.2) is 0 Å². The Bertz CT molecular complexity index is 190. The molecule has 0 aromatic carbocycles. The molecule has 0 amide bonds. The molecule has 0 saturated heterocycles. The number of rotatable bonds is 3. The minimum Gasteiger partial charge on any atom is -0.434 e. The summed E-state index contributed by atoms with van der Waals surface area (Å²) in [7, 11) is 0. The highest BCUT2D eigenvalue weighted by Gasteiger charge is 2.34. The lowest BCUT2D eigenvalue weighted by Crippen LogP contribution is -2.26. The smallest absolute Gasteiger partial charge is 0.434 e. The Kier molecular flexibility index (Phi) is 6.30. The summed E-state index contributed by atoms with van der Waals surface area (Å²) in [5.74, 6) is 0.198. The number of hydrogen-bond donors (Lipinski definition) is 0. The maximum absolute atomic E-state index is 10.9. The highest BCUT2D eigenvalue weighted by atomic mass is 35.6. The molecule has 1 atom stereocenters. The Morgan fingerprint density at radius 3 is 2.21 bits per heavy atom. The largest absolute Gasteiger partial charge is 0.509 e. The van der Waals surface area contributed by atoms with Gasteiger partial charge in [-0.2, -0.15) is 0 Å². The third-order valence-electron chi connectivity index (χ3n) is 0.992. The molecule has 0 fully saturated rings. The van der Waals surface area contributed by atoms with Crippen LogP contribution in [0.3, 0.4) is 0 Å². The Morgan fingerprint density at radius 1 is 1.36 bits per heavy atom. The van der Waals surface area contributed by atoms with E-state index in [0.717, 1.165) is 0 Å². The van der Waals surface area contributed by atoms with Gasteiger partial charge in [0.1, 0.15) is 0 Å². The predicted octanol–water partition coefficient (Wildman–Crippen LogP) is 3.73. The molecule has 1 unspecified atom stereocenters. The highest BCUT2D eigenvalue weighted by molar-refractivity contribution is 6.70. The fourth-order valence-electron chi connectivity index (χ4n) is 0.420. The summed E-state index contributed by atoms with van der Waals surface area (Å²) in [6.07, 6.45) is -0.954. The molecular formula is C7H10Cl4O3. The van der Waals surface area contributed by atoms with Crippen LogP contribution in [0.5, 0.6) is 0 Å². The topological polar surface area (TPSA) is 35.5 Å². The maximum atomic E-state index is 10.9. The van der Waals surface area contributed by atoms with Crippen LogP contribution < -0.4 is 0 Å². The van der Waals surface area contributed by atoms with E-state index in [0.29, 0.717) is 0 Å². The van der Waals surface area contributed by atoms with Crippen LogP contribution in [0.1, 0.15) is 13.8 Å². The van der Waals surface area contributed by atoms with Crippen LogP contribution in [0, 0.1) is 5.92 Å². The van der Waals surface area contributed by atoms with E-state index < -0.39 is 15.5 Å². The van der Waals surface area contributed by atoms with Crippen LogP contribution in [-0.4, -0.2) is 22.1 Å². The zero-order valence-corrected chi connectivity index (χ0v) is 10.6. The summed E-state index contributed by atoms with van der Waals surface area (Å²) >= 11 is 21.5. The molecule has 0 N–H and O–H groups in total. The molecule has 0 saturated carbocycles. The average Bonchev–Trinajstić information content (AvgIpc) is 1.99. The normalized spacial score (nSPS) is 13.9. The first kappa shape index (κ1) is 14.4. The van der Waals surface area contributed by atoms with E-state index in [9.17, 15) is 4.79 Å². The van der Waals surface area contributed by atoms with Gasteiger partial charge in [-0.3, -0.25) is 0 Å². The standard InChI is InChI=1S/C7H10Cl4O3/c1-4(2)3-13-6(12)14-5(8)7(9,10)11/h4-5H,3H2,1-2H3. The molecule has 3 nitrogen and oxygen atoms in total. The van der Waals surface area contributed by atoms with E-state index in [4.69, 9.17) is 46.4 Å². The minimum absolute atomic E-state index is 0.198. The lowest BCUT2D eigenvalue weighted by Gasteiger charge is -2.18. The molecule has 0 aliphatic heterocycles. The van der Waals surface area contributed by atoms with Gasteiger partial charge in [-0.15, -0.1) is 0 Å². The van der Waals surface area contributed by atoms with Crippen molar-refractivity contribution in [3.05, 3.63) is 0 Å². The second-order valence-electron chi connectivity index (χ2n) is 2.93. The molecule has 0 aromatic heterocycles. The molecule has 0 radical (unpaired) electrons. The lowest BCUT2D eigenvalue weighted by molar-refractivity contribution is 0.0394. The molecule has 14 heavy (non-hydrogen) atoms. The Morgan fingerprint density at radius 2 is 1.86 bits per heavy atom. The number of hydrogen-bond acceptors (Lipinski definition) is 3. The Balaban J connectivity index is 3.84. The number of alkyl halides is 4. The fraction of sp³-hybridized carbons (Fsp3) is 0.857. The number of ether oxygens (including phenoxy) is 2. The van der Waals surface area contributed by atoms with Gasteiger partial charge in [0, 0.05) is 0 Å². The molecule has 0 aromatic rings. The highest BCUT2D eigenvalue weighted by Crippen LogP contribution is 2.34. The van der Waals surface area contributed by atoms with Crippen molar-refractivity contribution in [2.45, 2.75) is 23.2 Å². The molecule has 84 valence electrons. The van der Waals surface area contributed by atoms with Gasteiger partial charge in [0.25, 0.3) is 0 Å². The van der Waals surface area contributed by atoms with Gasteiger partial charge >= 0.3 is 6.16 Å². The van der Waals surface area contributed by atoms with E-state index in [1.165, 1.54) is 0 Å². The van der Waals surface area contributed by atoms with E-state index in [2.05, 4.69) is 9.47 Å². The summed E-state index contributed by atoms with van der Waals surface area (Å²) in [5.41, 5.74) is -1.37. The van der Waals surface area contributed by atoms with Gasteiger partial charge in [-0.05, 0) is 5.92 Å². The maximum Gasteiger partial charge on any atom is 0.509 e. The van der Waals surface area contributed by atoms with Gasteiger partial charge in [0.15, 0.2) is 0 Å². The first-order valence-electron chi connectivity index (χ1n) is 3.77. The Hall–Kier alpha value is 0.430. The second-order valence-corrected chi connectivity index (χ2v) is 5.70. The van der Waals surface area contributed by atoms with Crippen LogP contribution in [0.4, 0.5) is 4.79 Å². The third kappa shape index (κ3) is 6.82. The zero-order valence-electron chi connectivity index (χ0n) is 7.60. The summed E-state index contributed by atoms with van der Waals surface area (Å²) in [6, 6.07) is 0. The van der Waals surface area contributed by atoms with Crippen molar-refractivity contribution in [2.75, 3.05) is 6.61 Å². The van der Waals surface area contributed by atoms with Crippen LogP contribution in [0.25, 0.3) is 0 Å². The van der Waals surface area contributed by atoms with Gasteiger partial charge in [0.2, 0.25) is 9.36 Å². The van der Waals surface area contributed by atoms with Crippen LogP contribution >= 0.6 is 46.4 Å². The average molecular weight is 284 g/mol. The monoisotopic (exact) mass is 282 g/mol. The van der Waals surface area contributed by atoms with Crippen molar-refractivity contribution in [3.8, 4) is 0 Å². The first-order chi connectivity index (χ1) is 6.23. The fourth-order valence-corrected chi connectivity index (χ4v) is 0.626. The van der Waals surface area contributed by atoms with Gasteiger partial charge in [0.05, 0.1) is 6.61 Å². The molecule has 0 aliphatic carbocycles. The van der Waals surface area contributed by atoms with E-state index >= 15 is 0 Å². The summed E-state index contributed by atoms with van der Waals surface area (Å²) < 4.78 is 7.26. The SMILES string of the molecule is CC(C)COC(=O)OC(Cl)C(Cl)(Cl)Cl. The van der Waals surface area contributed by atoms with Gasteiger partial charge in [-0.25, -0.2) is 4.79 Å². The van der Waals surface area contributed by atoms with Crippen molar-refractivity contribution in [1.29, 1.82) is 0 Å². The van der Waals surface area contributed by atoms with Crippen molar-refractivity contribution >= 4 is 52.6 Å². The second kappa shape index (κ2) is 6.11. The zero-order chi connectivity index (χ0) is 11.4. The van der Waals surface area contributed by atoms with Gasteiger partial charge in [-0.1, -0.05) is 60.3 Å². The third-order valence-corrected chi connectivity index (χ3v) is 2.34. The van der Waals surface area contributed by atoms with Crippen molar-refractivity contribution < 1.29 is 14.3 Å². The molecule has 0 bridgehead atoms. The molecule has 0 heterocycles. The first-order valence-corrected chi connectivity index (χ1v) is 5.34. The summed E-state index contributed by atoms with van der Waals surface area (Å²) in [4.78, 5) is 10.9. The van der Waals surface area contributed by atoms with E-state index in [1.807, 2.05) is 13.8 Å². The number of carbonyl (C=O) groups excluding carboxylic acids is 1.